The molecule has 2 rings (SSSR count). The summed E-state index contributed by atoms with van der Waals surface area (Å²) in [5.74, 6) is 0.258. The van der Waals surface area contributed by atoms with Crippen LogP contribution in [0, 0.1) is 4.84 Å². The monoisotopic (exact) mass is 307 g/mol. The molecule has 0 fully saturated rings. The molecule has 0 spiro atoms. The van der Waals surface area contributed by atoms with Gasteiger partial charge in [0.05, 0.1) is 12.7 Å². The van der Waals surface area contributed by atoms with Gasteiger partial charge in [-0.25, -0.2) is 5.10 Å². The average molecular weight is 307 g/mol. The van der Waals surface area contributed by atoms with Gasteiger partial charge in [0.2, 0.25) is 5.89 Å². The second-order valence-corrected chi connectivity index (χ2v) is 5.04. The number of rotatable bonds is 6. The molecule has 7 heteroatoms. The predicted octanol–water partition coefficient (Wildman–Crippen LogP) is 2.55. The van der Waals surface area contributed by atoms with Crippen molar-refractivity contribution in [1.82, 2.24) is 15.5 Å². The van der Waals surface area contributed by atoms with E-state index in [2.05, 4.69) is 15.5 Å². The zero-order chi connectivity index (χ0) is 15.2. The minimum atomic E-state index is -0.142. The summed E-state index contributed by atoms with van der Waals surface area (Å²) in [7, 11) is 0. The van der Waals surface area contributed by atoms with Gasteiger partial charge in [0, 0.05) is 17.7 Å². The van der Waals surface area contributed by atoms with Gasteiger partial charge in [0.15, 0.2) is 0 Å². The Balaban J connectivity index is 1.92. The van der Waals surface area contributed by atoms with Gasteiger partial charge in [0.1, 0.15) is 0 Å². The molecule has 1 amide bonds. The van der Waals surface area contributed by atoms with Gasteiger partial charge in [-0.2, -0.15) is 0 Å². The first-order valence-corrected chi connectivity index (χ1v) is 7.03. The molecule has 2 aromatic rings. The van der Waals surface area contributed by atoms with Crippen LogP contribution in [0.15, 0.2) is 28.7 Å². The number of H-pyrrole nitrogens is 1. The second-order valence-electron chi connectivity index (χ2n) is 4.67. The van der Waals surface area contributed by atoms with Crippen LogP contribution in [-0.4, -0.2) is 35.4 Å². The minimum Gasteiger partial charge on any atom is -0.409 e. The maximum absolute atomic E-state index is 11.9. The van der Waals surface area contributed by atoms with E-state index < -0.39 is 0 Å². The van der Waals surface area contributed by atoms with Crippen molar-refractivity contribution < 1.29 is 13.9 Å². The van der Waals surface area contributed by atoms with E-state index in [4.69, 9.17) is 21.4 Å². The lowest BCUT2D eigenvalue weighted by atomic mass is 10.1. The van der Waals surface area contributed by atoms with Crippen molar-refractivity contribution in [2.24, 2.45) is 0 Å². The van der Waals surface area contributed by atoms with Crippen LogP contribution in [0.5, 0.6) is 0 Å². The third-order valence-electron chi connectivity index (χ3n) is 2.67. The Morgan fingerprint density at radius 3 is 2.71 bits per heavy atom. The fourth-order valence-electron chi connectivity index (χ4n) is 1.68. The van der Waals surface area contributed by atoms with Crippen LogP contribution in [0.2, 0.25) is 0 Å². The number of aromatic amines is 1. The maximum Gasteiger partial charge on any atom is 0.284 e. The fraction of sp³-hybridized carbons (Fsp3) is 0.357. The topological polar surface area (TPSA) is 80.1 Å². The molecule has 112 valence electrons. The molecule has 0 radical (unpaired) electrons. The summed E-state index contributed by atoms with van der Waals surface area (Å²) in [4.78, 5) is 12.1. The van der Waals surface area contributed by atoms with Crippen molar-refractivity contribution in [2.45, 2.75) is 20.0 Å². The van der Waals surface area contributed by atoms with Crippen molar-refractivity contribution in [3.8, 4) is 11.5 Å². The normalized spacial score (nSPS) is 10.8. The van der Waals surface area contributed by atoms with Crippen molar-refractivity contribution in [3.05, 3.63) is 34.7 Å². The van der Waals surface area contributed by atoms with Gasteiger partial charge in [-0.3, -0.25) is 4.79 Å². The molecule has 1 heterocycles. The number of nitrogens with one attached hydrogen (secondary N) is 2. The van der Waals surface area contributed by atoms with Crippen molar-refractivity contribution in [2.75, 3.05) is 13.2 Å². The Hall–Kier alpha value is -1.99. The number of hydrogen-bond acceptors (Lipinski definition) is 5. The van der Waals surface area contributed by atoms with Gasteiger partial charge in [-0.1, -0.05) is 0 Å². The first kappa shape index (κ1) is 15.4. The van der Waals surface area contributed by atoms with E-state index in [0.29, 0.717) is 24.6 Å². The van der Waals surface area contributed by atoms with Crippen LogP contribution < -0.4 is 5.32 Å². The van der Waals surface area contributed by atoms with Crippen molar-refractivity contribution in [1.29, 1.82) is 0 Å². The number of nitrogens with zero attached hydrogens (tertiary/aromatic N) is 1. The predicted molar refractivity (Wildman–Crippen MR) is 80.5 cm³/mol. The van der Waals surface area contributed by atoms with Gasteiger partial charge in [-0.15, -0.1) is 5.10 Å². The van der Waals surface area contributed by atoms with E-state index in [9.17, 15) is 4.79 Å². The lowest BCUT2D eigenvalue weighted by Gasteiger charge is -2.08. The summed E-state index contributed by atoms with van der Waals surface area (Å²) < 4.78 is 10.6. The van der Waals surface area contributed by atoms with Crippen molar-refractivity contribution >= 4 is 18.1 Å². The number of carbonyl (C=O) groups excluding carboxylic acids is 1. The fourth-order valence-corrected chi connectivity index (χ4v) is 1.80. The summed E-state index contributed by atoms with van der Waals surface area (Å²) >= 11 is 4.82. The Bertz CT molecular complexity index is 646. The smallest absolute Gasteiger partial charge is 0.284 e. The van der Waals surface area contributed by atoms with E-state index in [-0.39, 0.29) is 16.8 Å². The zero-order valence-electron chi connectivity index (χ0n) is 11.9. The number of amides is 1. The average Bonchev–Trinajstić information content (AvgIpc) is 2.90. The van der Waals surface area contributed by atoms with Crippen LogP contribution in [0.4, 0.5) is 0 Å². The molecule has 6 nitrogen and oxygen atoms in total. The number of aromatic nitrogens is 2. The molecule has 1 aromatic carbocycles. The van der Waals surface area contributed by atoms with Gasteiger partial charge in [-0.05, 0) is 50.3 Å². The minimum absolute atomic E-state index is 0.142. The maximum atomic E-state index is 11.9. The van der Waals surface area contributed by atoms with E-state index in [0.717, 1.165) is 5.56 Å². The first-order valence-electron chi connectivity index (χ1n) is 6.62. The van der Waals surface area contributed by atoms with E-state index in [1.54, 1.807) is 24.3 Å². The highest BCUT2D eigenvalue weighted by Gasteiger charge is 2.08. The molecular weight excluding hydrogens is 290 g/mol. The van der Waals surface area contributed by atoms with Crippen LogP contribution >= 0.6 is 12.2 Å². The molecule has 0 aliphatic carbocycles. The summed E-state index contributed by atoms with van der Waals surface area (Å²) in [6.07, 6.45) is 0.160. The van der Waals surface area contributed by atoms with Crippen LogP contribution in [0.1, 0.15) is 24.2 Å². The van der Waals surface area contributed by atoms with Crippen LogP contribution in [0.25, 0.3) is 11.5 Å². The molecule has 0 saturated heterocycles. The van der Waals surface area contributed by atoms with Crippen LogP contribution in [-0.2, 0) is 4.74 Å². The summed E-state index contributed by atoms with van der Waals surface area (Å²) in [6.45, 7) is 4.88. The molecule has 0 bridgehead atoms. The summed E-state index contributed by atoms with van der Waals surface area (Å²) in [6, 6.07) is 6.93. The SMILES string of the molecule is CC(C)OCCNC(=O)c1ccc(-c2n[nH]c(=S)o2)cc1. The summed E-state index contributed by atoms with van der Waals surface area (Å²) in [5.41, 5.74) is 1.32. The zero-order valence-corrected chi connectivity index (χ0v) is 12.7. The Morgan fingerprint density at radius 2 is 2.14 bits per heavy atom. The molecule has 21 heavy (non-hydrogen) atoms. The van der Waals surface area contributed by atoms with Gasteiger partial charge >= 0.3 is 0 Å². The van der Waals surface area contributed by atoms with E-state index >= 15 is 0 Å². The molecular formula is C14H17N3O3S. The Labute approximate surface area is 127 Å². The Kier molecular flexibility index (Phi) is 5.24. The second kappa shape index (κ2) is 7.14. The highest BCUT2D eigenvalue weighted by molar-refractivity contribution is 7.71. The highest BCUT2D eigenvalue weighted by atomic mass is 32.1. The molecule has 0 saturated carbocycles. The van der Waals surface area contributed by atoms with E-state index in [1.165, 1.54) is 0 Å². The lowest BCUT2D eigenvalue weighted by Crippen LogP contribution is -2.27. The number of hydrogen-bond donors (Lipinski definition) is 2. The standard InChI is InChI=1S/C14H17N3O3S/c1-9(2)19-8-7-15-12(18)10-3-5-11(6-4-10)13-16-17-14(21)20-13/h3-6,9H,7-8H2,1-2H3,(H,15,18)(H,17,21). The van der Waals surface area contributed by atoms with E-state index in [1.807, 2.05) is 13.8 Å². The Morgan fingerprint density at radius 1 is 1.43 bits per heavy atom. The molecule has 0 atom stereocenters. The molecule has 0 aliphatic heterocycles. The largest absolute Gasteiger partial charge is 0.409 e. The highest BCUT2D eigenvalue weighted by Crippen LogP contribution is 2.17. The molecule has 1 aromatic heterocycles. The van der Waals surface area contributed by atoms with Crippen LogP contribution in [0.3, 0.4) is 0 Å². The molecule has 0 unspecified atom stereocenters. The molecule has 2 N–H and O–H groups in total. The molecule has 0 aliphatic rings. The lowest BCUT2D eigenvalue weighted by molar-refractivity contribution is 0.0746. The van der Waals surface area contributed by atoms with Gasteiger partial charge in [0.25, 0.3) is 10.7 Å². The quantitative estimate of drug-likeness (QED) is 0.633. The number of carbonyl (C=O) groups is 1. The van der Waals surface area contributed by atoms with Crippen molar-refractivity contribution in [3.63, 3.8) is 0 Å². The number of ether oxygens (including phenoxy) is 1. The third-order valence-corrected chi connectivity index (χ3v) is 2.85. The van der Waals surface area contributed by atoms with Gasteiger partial charge < -0.3 is 14.5 Å². The third kappa shape index (κ3) is 4.51. The first-order chi connectivity index (χ1) is 10.1. The number of benzene rings is 1. The summed E-state index contributed by atoms with van der Waals surface area (Å²) in [5, 5.41) is 9.27.